The molecule has 0 aromatic heterocycles. The van der Waals surface area contributed by atoms with Crippen molar-refractivity contribution in [1.29, 1.82) is 0 Å². The number of hydrogen-bond acceptors (Lipinski definition) is 5. The van der Waals surface area contributed by atoms with E-state index in [4.69, 9.17) is 0 Å². The van der Waals surface area contributed by atoms with Crippen LogP contribution in [0, 0.1) is 17.0 Å². The van der Waals surface area contributed by atoms with Gasteiger partial charge in [-0.2, -0.15) is 0 Å². The minimum atomic E-state index is -0.504. The Kier molecular flexibility index (Phi) is 4.18. The largest absolute Gasteiger partial charge is 0.298 e. The van der Waals surface area contributed by atoms with E-state index in [2.05, 4.69) is 0 Å². The van der Waals surface area contributed by atoms with Crippen molar-refractivity contribution in [3.05, 3.63) is 74.7 Å². The van der Waals surface area contributed by atoms with Crippen LogP contribution in [0.1, 0.15) is 11.1 Å². The number of anilines is 1. The van der Waals surface area contributed by atoms with Gasteiger partial charge in [-0.3, -0.25) is 19.7 Å². The summed E-state index contributed by atoms with van der Waals surface area (Å²) in [6.07, 6.45) is 1.49. The number of thioether (sulfide) groups is 1. The van der Waals surface area contributed by atoms with Gasteiger partial charge in [0.1, 0.15) is 0 Å². The maximum absolute atomic E-state index is 12.5. The van der Waals surface area contributed by atoms with Crippen molar-refractivity contribution >= 4 is 40.4 Å². The summed E-state index contributed by atoms with van der Waals surface area (Å²) in [5, 5.41) is 10.4. The highest BCUT2D eigenvalue weighted by Crippen LogP contribution is 2.36. The Bertz CT molecular complexity index is 892. The van der Waals surface area contributed by atoms with Crippen molar-refractivity contribution in [3.63, 3.8) is 0 Å². The summed E-state index contributed by atoms with van der Waals surface area (Å²) < 4.78 is 0. The second-order valence-electron chi connectivity index (χ2n) is 5.21. The van der Waals surface area contributed by atoms with Gasteiger partial charge in [0.15, 0.2) is 0 Å². The highest BCUT2D eigenvalue weighted by Gasteiger charge is 2.36. The summed E-state index contributed by atoms with van der Waals surface area (Å²) >= 11 is 0.820. The van der Waals surface area contributed by atoms with Gasteiger partial charge in [-0.15, -0.1) is 0 Å². The normalized spacial score (nSPS) is 16.0. The van der Waals surface area contributed by atoms with Crippen molar-refractivity contribution in [2.24, 2.45) is 0 Å². The lowest BCUT2D eigenvalue weighted by Crippen LogP contribution is -2.27. The molecule has 0 radical (unpaired) electrons. The van der Waals surface area contributed by atoms with Crippen molar-refractivity contribution < 1.29 is 14.5 Å². The van der Waals surface area contributed by atoms with Crippen LogP contribution in [-0.4, -0.2) is 16.1 Å². The molecule has 6 nitrogen and oxygen atoms in total. The maximum Gasteiger partial charge on any atom is 0.298 e. The lowest BCUT2D eigenvalue weighted by Gasteiger charge is -2.12. The van der Waals surface area contributed by atoms with Crippen molar-refractivity contribution in [3.8, 4) is 0 Å². The van der Waals surface area contributed by atoms with Gasteiger partial charge in [-0.25, -0.2) is 4.90 Å². The van der Waals surface area contributed by atoms with E-state index in [-0.39, 0.29) is 15.8 Å². The molecule has 24 heavy (non-hydrogen) atoms. The number of nitro groups is 1. The fourth-order valence-corrected chi connectivity index (χ4v) is 3.18. The number of carbonyl (C=O) groups excluding carboxylic acids is 2. The molecule has 1 saturated heterocycles. The molecule has 120 valence electrons. The van der Waals surface area contributed by atoms with Crippen LogP contribution < -0.4 is 4.90 Å². The number of nitro benzene ring substituents is 1. The molecule has 0 N–H and O–H groups in total. The van der Waals surface area contributed by atoms with Gasteiger partial charge in [-0.1, -0.05) is 24.3 Å². The number of benzene rings is 2. The Labute approximate surface area is 141 Å². The lowest BCUT2D eigenvalue weighted by molar-refractivity contribution is -0.384. The Hall–Kier alpha value is -2.93. The van der Waals surface area contributed by atoms with E-state index in [1.54, 1.807) is 24.3 Å². The van der Waals surface area contributed by atoms with Crippen LogP contribution in [-0.2, 0) is 4.79 Å². The number of non-ortho nitro benzene ring substituents is 1. The van der Waals surface area contributed by atoms with E-state index in [1.807, 2.05) is 13.0 Å². The van der Waals surface area contributed by atoms with Crippen LogP contribution in [0.5, 0.6) is 0 Å². The third kappa shape index (κ3) is 3.07. The highest BCUT2D eigenvalue weighted by atomic mass is 32.2. The first-order valence-electron chi connectivity index (χ1n) is 7.05. The van der Waals surface area contributed by atoms with Crippen molar-refractivity contribution in [2.45, 2.75) is 6.92 Å². The highest BCUT2D eigenvalue weighted by molar-refractivity contribution is 8.19. The average Bonchev–Trinajstić information content (AvgIpc) is 2.81. The van der Waals surface area contributed by atoms with Gasteiger partial charge in [0, 0.05) is 12.1 Å². The number of rotatable bonds is 3. The van der Waals surface area contributed by atoms with Crippen molar-refractivity contribution in [1.82, 2.24) is 0 Å². The predicted octanol–water partition coefficient (Wildman–Crippen LogP) is 4.14. The molecule has 1 aliphatic rings. The molecule has 0 aliphatic carbocycles. The van der Waals surface area contributed by atoms with Gasteiger partial charge in [0.25, 0.3) is 16.8 Å². The van der Waals surface area contributed by atoms with E-state index in [9.17, 15) is 19.7 Å². The van der Waals surface area contributed by atoms with Crippen LogP contribution >= 0.6 is 11.8 Å². The standard InChI is InChI=1S/C17H12N2O4S/c1-11-4-2-6-13(8-11)18-16(20)15(24-17(18)21)10-12-5-3-7-14(9-12)19(22)23/h2-10H,1H3/b15-10+. The van der Waals surface area contributed by atoms with Gasteiger partial charge in [0.2, 0.25) is 0 Å². The molecule has 2 aromatic rings. The number of amides is 2. The molecule has 1 aliphatic heterocycles. The Balaban J connectivity index is 1.94. The molecule has 7 heteroatoms. The molecule has 2 amide bonds. The second kappa shape index (κ2) is 6.29. The summed E-state index contributed by atoms with van der Waals surface area (Å²) in [4.78, 5) is 36.4. The van der Waals surface area contributed by atoms with Gasteiger partial charge >= 0.3 is 0 Å². The first-order valence-corrected chi connectivity index (χ1v) is 7.86. The third-order valence-electron chi connectivity index (χ3n) is 3.43. The van der Waals surface area contributed by atoms with Gasteiger partial charge in [-0.05, 0) is 48.0 Å². The molecule has 1 fully saturated rings. The van der Waals surface area contributed by atoms with E-state index in [1.165, 1.54) is 24.3 Å². The average molecular weight is 340 g/mol. The summed E-state index contributed by atoms with van der Waals surface area (Å²) in [6, 6.07) is 13.0. The second-order valence-corrected chi connectivity index (χ2v) is 6.20. The molecule has 0 saturated carbocycles. The minimum absolute atomic E-state index is 0.0679. The lowest BCUT2D eigenvalue weighted by atomic mass is 10.2. The Morgan fingerprint density at radius 1 is 1.12 bits per heavy atom. The molecule has 2 aromatic carbocycles. The smallest absolute Gasteiger partial charge is 0.268 e. The molecule has 0 unspecified atom stereocenters. The summed E-state index contributed by atoms with van der Waals surface area (Å²) in [6.45, 7) is 1.88. The molecule has 1 heterocycles. The number of carbonyl (C=O) groups is 2. The monoisotopic (exact) mass is 340 g/mol. The molecule has 0 spiro atoms. The minimum Gasteiger partial charge on any atom is -0.268 e. The molecular weight excluding hydrogens is 328 g/mol. The SMILES string of the molecule is Cc1cccc(N2C(=O)S/C(=C/c3cccc([N+](=O)[O-])c3)C2=O)c1. The number of aryl methyl sites for hydroxylation is 1. The molecular formula is C17H12N2O4S. The van der Waals surface area contributed by atoms with Crippen LogP contribution in [0.4, 0.5) is 16.2 Å². The van der Waals surface area contributed by atoms with Crippen molar-refractivity contribution in [2.75, 3.05) is 4.90 Å². The summed E-state index contributed by atoms with van der Waals surface area (Å²) in [5.74, 6) is -0.429. The number of hydrogen-bond donors (Lipinski definition) is 0. The van der Waals surface area contributed by atoms with Crippen LogP contribution in [0.25, 0.3) is 6.08 Å². The number of nitrogens with zero attached hydrogens (tertiary/aromatic N) is 2. The first kappa shape index (κ1) is 15.9. The topological polar surface area (TPSA) is 80.5 Å². The maximum atomic E-state index is 12.5. The fraction of sp³-hybridized carbons (Fsp3) is 0.0588. The van der Waals surface area contributed by atoms with Gasteiger partial charge in [0.05, 0.1) is 15.5 Å². The number of imide groups is 1. The fourth-order valence-electron chi connectivity index (χ4n) is 2.34. The van der Waals surface area contributed by atoms with Crippen LogP contribution in [0.15, 0.2) is 53.4 Å². The summed E-state index contributed by atoms with van der Waals surface area (Å²) in [5.41, 5.74) is 1.88. The zero-order valence-corrected chi connectivity index (χ0v) is 13.4. The zero-order valence-electron chi connectivity index (χ0n) is 12.6. The van der Waals surface area contributed by atoms with E-state index in [0.29, 0.717) is 11.3 Å². The zero-order chi connectivity index (χ0) is 17.3. The van der Waals surface area contributed by atoms with E-state index >= 15 is 0 Å². The molecule has 3 rings (SSSR count). The molecule has 0 bridgehead atoms. The summed E-state index contributed by atoms with van der Waals surface area (Å²) in [7, 11) is 0. The first-order chi connectivity index (χ1) is 11.5. The predicted molar refractivity (Wildman–Crippen MR) is 92.7 cm³/mol. The third-order valence-corrected chi connectivity index (χ3v) is 4.30. The van der Waals surface area contributed by atoms with E-state index < -0.39 is 10.8 Å². The van der Waals surface area contributed by atoms with Crippen LogP contribution in [0.2, 0.25) is 0 Å². The molecule has 0 atom stereocenters. The van der Waals surface area contributed by atoms with Gasteiger partial charge < -0.3 is 0 Å². The van der Waals surface area contributed by atoms with E-state index in [0.717, 1.165) is 22.2 Å². The van der Waals surface area contributed by atoms with Crippen LogP contribution in [0.3, 0.4) is 0 Å². The quantitative estimate of drug-likeness (QED) is 0.476. The Morgan fingerprint density at radius 2 is 1.88 bits per heavy atom. The Morgan fingerprint density at radius 3 is 2.58 bits per heavy atom.